The van der Waals surface area contributed by atoms with Crippen molar-refractivity contribution in [3.63, 3.8) is 0 Å². The molecule has 0 radical (unpaired) electrons. The highest BCUT2D eigenvalue weighted by Crippen LogP contribution is 2.23. The average Bonchev–Trinajstić information content (AvgIpc) is 2.68. The summed E-state index contributed by atoms with van der Waals surface area (Å²) in [5.74, 6) is -0.961. The second kappa shape index (κ2) is 9.21. The maximum Gasteiger partial charge on any atom is 0.349 e. The molecule has 3 aromatic rings. The predicted molar refractivity (Wildman–Crippen MR) is 120 cm³/mol. The summed E-state index contributed by atoms with van der Waals surface area (Å²) in [6.07, 6.45) is 2.18. The zero-order valence-electron chi connectivity index (χ0n) is 17.4. The number of aliphatic imine (C=N–C) groups is 1. The van der Waals surface area contributed by atoms with Gasteiger partial charge in [-0.05, 0) is 57.2 Å². The molecule has 1 heterocycles. The lowest BCUT2D eigenvalue weighted by Gasteiger charge is -2.17. The molecule has 0 aliphatic heterocycles. The van der Waals surface area contributed by atoms with Crippen molar-refractivity contribution in [2.75, 3.05) is 16.4 Å². The Morgan fingerprint density at radius 1 is 1.13 bits per heavy atom. The molecule has 0 fully saturated rings. The van der Waals surface area contributed by atoms with Crippen molar-refractivity contribution < 1.29 is 13.9 Å². The van der Waals surface area contributed by atoms with Crippen LogP contribution in [0.25, 0.3) is 0 Å². The highest BCUT2D eigenvalue weighted by atomic mass is 19.1. The maximum atomic E-state index is 14.1. The Balaban J connectivity index is 1.73. The summed E-state index contributed by atoms with van der Waals surface area (Å²) < 4.78 is 19.3. The Morgan fingerprint density at radius 3 is 2.55 bits per heavy atom. The maximum absolute atomic E-state index is 14.1. The van der Waals surface area contributed by atoms with Crippen molar-refractivity contribution in [1.29, 1.82) is 0 Å². The molecular weight excluding hydrogens is 399 g/mol. The van der Waals surface area contributed by atoms with Crippen molar-refractivity contribution >= 4 is 46.7 Å². The summed E-state index contributed by atoms with van der Waals surface area (Å²) in [6, 6.07) is 13.8. The Labute approximate surface area is 179 Å². The summed E-state index contributed by atoms with van der Waals surface area (Å²) in [4.78, 5) is 24.1. The van der Waals surface area contributed by atoms with Crippen LogP contribution < -0.4 is 16.4 Å². The van der Waals surface area contributed by atoms with Gasteiger partial charge < -0.3 is 21.1 Å². The zero-order valence-corrected chi connectivity index (χ0v) is 17.4. The lowest BCUT2D eigenvalue weighted by atomic mass is 10.2. The largest absolute Gasteiger partial charge is 0.456 e. The van der Waals surface area contributed by atoms with Gasteiger partial charge in [-0.3, -0.25) is 0 Å². The number of hydrogen-bond donors (Lipinski definition) is 3. The molecule has 0 unspecified atom stereocenters. The van der Waals surface area contributed by atoms with Gasteiger partial charge in [-0.2, -0.15) is 4.98 Å². The number of halogens is 1. The molecule has 8 nitrogen and oxygen atoms in total. The van der Waals surface area contributed by atoms with Crippen LogP contribution in [0.5, 0.6) is 0 Å². The number of aromatic nitrogens is 2. The number of carbonyl (C=O) groups excluding carboxylic acids is 1. The monoisotopic (exact) mass is 422 g/mol. The number of rotatable bonds is 6. The van der Waals surface area contributed by atoms with Crippen LogP contribution >= 0.6 is 0 Å². The first-order chi connectivity index (χ1) is 14.7. The van der Waals surface area contributed by atoms with Gasteiger partial charge in [0, 0.05) is 17.1 Å². The molecule has 0 atom stereocenters. The molecule has 0 spiro atoms. The van der Waals surface area contributed by atoms with Gasteiger partial charge in [0.2, 0.25) is 5.95 Å². The normalized spacial score (nSPS) is 11.4. The van der Waals surface area contributed by atoms with Crippen LogP contribution in [0, 0.1) is 5.82 Å². The number of benzene rings is 2. The number of anilines is 5. The van der Waals surface area contributed by atoms with Crippen LogP contribution in [0.15, 0.2) is 59.7 Å². The summed E-state index contributed by atoms with van der Waals surface area (Å²) in [6.45, 7) is 5.34. The molecule has 160 valence electrons. The van der Waals surface area contributed by atoms with Crippen molar-refractivity contribution in [2.24, 2.45) is 4.99 Å². The first kappa shape index (κ1) is 21.7. The number of esters is 1. The van der Waals surface area contributed by atoms with E-state index >= 15 is 0 Å². The first-order valence-corrected chi connectivity index (χ1v) is 9.47. The topological polar surface area (TPSA) is 115 Å². The second-order valence-corrected chi connectivity index (χ2v) is 7.61. The molecule has 2 aromatic carbocycles. The zero-order chi connectivity index (χ0) is 22.4. The highest BCUT2D eigenvalue weighted by Gasteiger charge is 2.14. The molecule has 4 N–H and O–H groups in total. The third kappa shape index (κ3) is 6.77. The molecule has 0 aliphatic rings. The van der Waals surface area contributed by atoms with Gasteiger partial charge in [0.25, 0.3) is 0 Å². The van der Waals surface area contributed by atoms with Gasteiger partial charge >= 0.3 is 5.97 Å². The quantitative estimate of drug-likeness (QED) is 0.299. The van der Waals surface area contributed by atoms with Crippen LogP contribution in [0.2, 0.25) is 0 Å². The predicted octanol–water partition coefficient (Wildman–Crippen LogP) is 4.73. The van der Waals surface area contributed by atoms with Gasteiger partial charge in [-0.15, -0.1) is 0 Å². The standard InChI is InChI=1S/C22H23FN6O2/c1-22(2,3)31-19(30)13-25-15-7-5-9-17(11-15)28-21-26-12-18(23)20(29-21)27-16-8-4-6-14(24)10-16/h4-13H,24H2,1-3H3,(H2,26,27,28,29). The van der Waals surface area contributed by atoms with E-state index in [1.54, 1.807) is 69.3 Å². The van der Waals surface area contributed by atoms with Gasteiger partial charge in [-0.1, -0.05) is 12.1 Å². The molecule has 0 aliphatic carbocycles. The lowest BCUT2D eigenvalue weighted by Crippen LogP contribution is -2.24. The third-order valence-corrected chi connectivity index (χ3v) is 3.72. The van der Waals surface area contributed by atoms with E-state index in [4.69, 9.17) is 10.5 Å². The van der Waals surface area contributed by atoms with Crippen LogP contribution in [0.3, 0.4) is 0 Å². The van der Waals surface area contributed by atoms with E-state index in [9.17, 15) is 9.18 Å². The molecule has 9 heteroatoms. The minimum absolute atomic E-state index is 0.00204. The van der Waals surface area contributed by atoms with E-state index < -0.39 is 17.4 Å². The fourth-order valence-corrected chi connectivity index (χ4v) is 2.52. The van der Waals surface area contributed by atoms with E-state index in [1.165, 1.54) is 0 Å². The van der Waals surface area contributed by atoms with Crippen LogP contribution in [-0.4, -0.2) is 27.8 Å². The second-order valence-electron chi connectivity index (χ2n) is 7.61. The number of hydrogen-bond acceptors (Lipinski definition) is 8. The van der Waals surface area contributed by atoms with Crippen molar-refractivity contribution in [3.8, 4) is 0 Å². The summed E-state index contributed by atoms with van der Waals surface area (Å²) in [5, 5.41) is 5.87. The van der Waals surface area contributed by atoms with Crippen LogP contribution in [0.1, 0.15) is 20.8 Å². The molecule has 31 heavy (non-hydrogen) atoms. The Hall–Kier alpha value is -4.01. The fourth-order valence-electron chi connectivity index (χ4n) is 2.52. The van der Waals surface area contributed by atoms with E-state index in [2.05, 4.69) is 25.6 Å². The highest BCUT2D eigenvalue weighted by molar-refractivity contribution is 6.23. The summed E-state index contributed by atoms with van der Waals surface area (Å²) in [5.41, 5.74) is 7.43. The van der Waals surface area contributed by atoms with E-state index in [1.807, 2.05) is 0 Å². The number of nitrogen functional groups attached to an aromatic ring is 1. The van der Waals surface area contributed by atoms with Crippen molar-refractivity contribution in [1.82, 2.24) is 9.97 Å². The molecule has 0 amide bonds. The molecular formula is C22H23FN6O2. The number of nitrogens with zero attached hydrogens (tertiary/aromatic N) is 3. The van der Waals surface area contributed by atoms with E-state index in [0.29, 0.717) is 22.7 Å². The van der Waals surface area contributed by atoms with Gasteiger partial charge in [0.1, 0.15) is 11.8 Å². The van der Waals surface area contributed by atoms with Gasteiger partial charge in [0.05, 0.1) is 11.9 Å². The first-order valence-electron chi connectivity index (χ1n) is 9.47. The van der Waals surface area contributed by atoms with Gasteiger partial charge in [-0.25, -0.2) is 19.2 Å². The molecule has 1 aromatic heterocycles. The number of ether oxygens (including phenoxy) is 1. The van der Waals surface area contributed by atoms with Crippen molar-refractivity contribution in [3.05, 3.63) is 60.5 Å². The Bertz CT molecular complexity index is 1110. The third-order valence-electron chi connectivity index (χ3n) is 3.72. The SMILES string of the molecule is CC(C)(C)OC(=O)C=Nc1cccc(Nc2ncc(F)c(Nc3cccc(N)c3)n2)c1. The van der Waals surface area contributed by atoms with Crippen LogP contribution in [-0.2, 0) is 9.53 Å². The molecule has 0 saturated heterocycles. The minimum atomic E-state index is -0.608. The van der Waals surface area contributed by atoms with Crippen molar-refractivity contribution in [2.45, 2.75) is 26.4 Å². The number of nitrogens with two attached hydrogens (primary N) is 1. The molecule has 3 rings (SSSR count). The molecule has 0 saturated carbocycles. The smallest absolute Gasteiger partial charge is 0.349 e. The number of nitrogens with one attached hydrogen (secondary N) is 2. The molecule has 0 bridgehead atoms. The summed E-state index contributed by atoms with van der Waals surface area (Å²) >= 11 is 0. The summed E-state index contributed by atoms with van der Waals surface area (Å²) in [7, 11) is 0. The average molecular weight is 422 g/mol. The van der Waals surface area contributed by atoms with E-state index in [0.717, 1.165) is 12.4 Å². The minimum Gasteiger partial charge on any atom is -0.456 e. The Kier molecular flexibility index (Phi) is 6.44. The van der Waals surface area contributed by atoms with E-state index in [-0.39, 0.29) is 11.8 Å². The van der Waals surface area contributed by atoms with Gasteiger partial charge in [0.15, 0.2) is 11.6 Å². The lowest BCUT2D eigenvalue weighted by molar-refractivity contribution is -0.145. The number of carbonyl (C=O) groups is 1. The Morgan fingerprint density at radius 2 is 1.84 bits per heavy atom. The fraction of sp³-hybridized carbons (Fsp3) is 0.182. The van der Waals surface area contributed by atoms with Crippen LogP contribution in [0.4, 0.5) is 38.9 Å².